The Bertz CT molecular complexity index is 507. The average molecular weight is 354 g/mol. The zero-order valence-electron chi connectivity index (χ0n) is 14.3. The van der Waals surface area contributed by atoms with Crippen LogP contribution in [0.25, 0.3) is 0 Å². The first-order valence-electron chi connectivity index (χ1n) is 8.08. The van der Waals surface area contributed by atoms with Crippen LogP contribution in [-0.2, 0) is 21.0 Å². The number of benzene rings is 1. The van der Waals surface area contributed by atoms with Crippen molar-refractivity contribution < 1.29 is 19.4 Å². The maximum atomic E-state index is 12.5. The molecule has 2 N–H and O–H groups in total. The molecule has 1 unspecified atom stereocenters. The van der Waals surface area contributed by atoms with E-state index in [1.807, 2.05) is 25.1 Å². The maximum Gasteiger partial charge on any atom is 0.237 e. The molecule has 0 aromatic heterocycles. The molecule has 0 saturated heterocycles. The zero-order valence-corrected chi connectivity index (χ0v) is 15.4. The van der Waals surface area contributed by atoms with E-state index < -0.39 is 0 Å². The molecule has 0 radical (unpaired) electrons. The van der Waals surface area contributed by atoms with Gasteiger partial charge in [-0.2, -0.15) is 0 Å². The number of aldehydes is 1. The Morgan fingerprint density at radius 2 is 2.12 bits per heavy atom. The van der Waals surface area contributed by atoms with Gasteiger partial charge in [0.05, 0.1) is 19.2 Å². The first-order chi connectivity index (χ1) is 11.7. The quantitative estimate of drug-likeness (QED) is 0.259. The minimum absolute atomic E-state index is 0.0763. The third-order valence-corrected chi connectivity index (χ3v) is 3.88. The molecule has 3 atom stereocenters. The van der Waals surface area contributed by atoms with Crippen LogP contribution in [0.15, 0.2) is 24.3 Å². The number of hydrogen-bond donors (Lipinski definition) is 2. The van der Waals surface area contributed by atoms with Crippen molar-refractivity contribution in [2.75, 3.05) is 20.0 Å². The predicted octanol–water partition coefficient (Wildman–Crippen LogP) is 1.70. The van der Waals surface area contributed by atoms with E-state index in [0.29, 0.717) is 18.3 Å². The lowest BCUT2D eigenvalue weighted by Crippen LogP contribution is -2.49. The number of carbonyl (C=O) groups is 2. The van der Waals surface area contributed by atoms with Gasteiger partial charge in [0.25, 0.3) is 0 Å². The summed E-state index contributed by atoms with van der Waals surface area (Å²) < 4.78 is 0. The molecule has 1 aromatic carbocycles. The van der Waals surface area contributed by atoms with Crippen LogP contribution < -0.4 is 10.6 Å². The minimum Gasteiger partial charge on any atom is -0.349 e. The van der Waals surface area contributed by atoms with Crippen LogP contribution in [0.2, 0.25) is 0 Å². The fraction of sp³-hybridized carbons (Fsp3) is 0.529. The van der Waals surface area contributed by atoms with Gasteiger partial charge in [-0.15, -0.1) is 9.24 Å². The van der Waals surface area contributed by atoms with E-state index in [2.05, 4.69) is 24.8 Å². The molecule has 0 aliphatic heterocycles. The van der Waals surface area contributed by atoms with E-state index in [0.717, 1.165) is 24.7 Å². The zero-order chi connectivity index (χ0) is 17.8. The smallest absolute Gasteiger partial charge is 0.237 e. The summed E-state index contributed by atoms with van der Waals surface area (Å²) in [7, 11) is 3.99. The molecule has 0 bridgehead atoms. The Morgan fingerprint density at radius 1 is 1.38 bits per heavy atom. The topological polar surface area (TPSA) is 76.7 Å². The van der Waals surface area contributed by atoms with Crippen molar-refractivity contribution in [2.45, 2.75) is 38.3 Å². The van der Waals surface area contributed by atoms with E-state index in [9.17, 15) is 9.59 Å². The van der Waals surface area contributed by atoms with Crippen LogP contribution in [0.4, 0.5) is 0 Å². The molecule has 0 fully saturated rings. The normalized spacial score (nSPS) is 13.3. The number of rotatable bonds is 12. The monoisotopic (exact) mass is 354 g/mol. The first-order valence-corrected chi connectivity index (χ1v) is 8.90. The van der Waals surface area contributed by atoms with E-state index >= 15 is 0 Å². The molecule has 1 rings (SSSR count). The SMILES string of the molecule is CCC[C@H](NCP)C(=O)N[C@H](COOC)Cc1ccccc1C=O. The molecule has 24 heavy (non-hydrogen) atoms. The highest BCUT2D eigenvalue weighted by molar-refractivity contribution is 7.16. The maximum absolute atomic E-state index is 12.5. The van der Waals surface area contributed by atoms with Gasteiger partial charge in [-0.05, 0) is 18.4 Å². The van der Waals surface area contributed by atoms with Crippen LogP contribution in [-0.4, -0.2) is 44.3 Å². The molecule has 0 aliphatic rings. The molecular formula is C17H27N2O4P. The molecule has 0 spiro atoms. The lowest BCUT2D eigenvalue weighted by molar-refractivity contribution is -0.275. The van der Waals surface area contributed by atoms with Gasteiger partial charge in [-0.25, -0.2) is 9.78 Å². The molecule has 1 aromatic rings. The molecule has 0 saturated carbocycles. The lowest BCUT2D eigenvalue weighted by atomic mass is 10.0. The summed E-state index contributed by atoms with van der Waals surface area (Å²) in [6.07, 6.45) is 3.61. The molecule has 0 aliphatic carbocycles. The van der Waals surface area contributed by atoms with Gasteiger partial charge < -0.3 is 10.6 Å². The van der Waals surface area contributed by atoms with Crippen molar-refractivity contribution >= 4 is 21.4 Å². The van der Waals surface area contributed by atoms with E-state index in [1.165, 1.54) is 7.11 Å². The van der Waals surface area contributed by atoms with E-state index in [4.69, 9.17) is 4.89 Å². The van der Waals surface area contributed by atoms with Crippen molar-refractivity contribution in [3.63, 3.8) is 0 Å². The first kappa shape index (κ1) is 20.7. The fourth-order valence-electron chi connectivity index (χ4n) is 2.46. The van der Waals surface area contributed by atoms with Crippen LogP contribution in [0.3, 0.4) is 0 Å². The van der Waals surface area contributed by atoms with Gasteiger partial charge in [0.1, 0.15) is 12.9 Å². The summed E-state index contributed by atoms with van der Waals surface area (Å²) in [5.41, 5.74) is 1.48. The molecule has 7 heteroatoms. The van der Waals surface area contributed by atoms with Gasteiger partial charge in [-0.3, -0.25) is 9.59 Å². The Kier molecular flexibility index (Phi) is 10.4. The number of nitrogens with one attached hydrogen (secondary N) is 2. The van der Waals surface area contributed by atoms with Crippen LogP contribution in [0.5, 0.6) is 0 Å². The summed E-state index contributed by atoms with van der Waals surface area (Å²) in [5.74, 6) is -0.0763. The number of carbonyl (C=O) groups excluding carboxylic acids is 2. The van der Waals surface area contributed by atoms with Gasteiger partial charge >= 0.3 is 0 Å². The molecular weight excluding hydrogens is 327 g/mol. The Hall–Kier alpha value is -1.33. The average Bonchev–Trinajstić information content (AvgIpc) is 2.59. The van der Waals surface area contributed by atoms with Gasteiger partial charge in [0.2, 0.25) is 5.91 Å². The largest absolute Gasteiger partial charge is 0.349 e. The van der Waals surface area contributed by atoms with E-state index in [-0.39, 0.29) is 24.6 Å². The minimum atomic E-state index is -0.288. The van der Waals surface area contributed by atoms with Gasteiger partial charge in [0, 0.05) is 11.8 Å². The van der Waals surface area contributed by atoms with Gasteiger partial charge in [0.15, 0.2) is 0 Å². The van der Waals surface area contributed by atoms with Crippen LogP contribution >= 0.6 is 9.24 Å². The summed E-state index contributed by atoms with van der Waals surface area (Å²) in [4.78, 5) is 33.3. The summed E-state index contributed by atoms with van der Waals surface area (Å²) in [6.45, 7) is 2.24. The van der Waals surface area contributed by atoms with Crippen molar-refractivity contribution in [1.29, 1.82) is 0 Å². The predicted molar refractivity (Wildman–Crippen MR) is 96.8 cm³/mol. The van der Waals surface area contributed by atoms with Gasteiger partial charge in [-0.1, -0.05) is 37.6 Å². The van der Waals surface area contributed by atoms with Crippen molar-refractivity contribution in [1.82, 2.24) is 10.6 Å². The number of amides is 1. The molecule has 134 valence electrons. The molecule has 0 heterocycles. The lowest BCUT2D eigenvalue weighted by Gasteiger charge is -2.23. The van der Waals surface area contributed by atoms with Crippen molar-refractivity contribution in [3.05, 3.63) is 35.4 Å². The van der Waals surface area contributed by atoms with Crippen molar-refractivity contribution in [2.24, 2.45) is 0 Å². The highest BCUT2D eigenvalue weighted by Gasteiger charge is 2.21. The third kappa shape index (κ3) is 7.05. The van der Waals surface area contributed by atoms with Crippen LogP contribution in [0.1, 0.15) is 35.7 Å². The second-order valence-electron chi connectivity index (χ2n) is 5.43. The summed E-state index contributed by atoms with van der Waals surface area (Å²) in [6, 6.07) is 6.78. The second kappa shape index (κ2) is 12.1. The summed E-state index contributed by atoms with van der Waals surface area (Å²) >= 11 is 0. The highest BCUT2D eigenvalue weighted by Crippen LogP contribution is 2.10. The standard InChI is InChI=1S/C17H27N2O4P/c1-3-6-16(18-12-24)17(21)19-15(11-23-22-2)9-13-7-4-5-8-14(13)10-20/h4-5,7-8,10,15-16,18H,3,6,9,11-12,24H2,1-2H3,(H,19,21)/t15-,16-/m0/s1. The fourth-order valence-corrected chi connectivity index (χ4v) is 2.75. The Morgan fingerprint density at radius 3 is 2.75 bits per heavy atom. The van der Waals surface area contributed by atoms with Crippen molar-refractivity contribution in [3.8, 4) is 0 Å². The Labute approximate surface area is 145 Å². The van der Waals surface area contributed by atoms with Crippen LogP contribution in [0, 0.1) is 0 Å². The molecule has 6 nitrogen and oxygen atoms in total. The Balaban J connectivity index is 2.80. The highest BCUT2D eigenvalue weighted by atomic mass is 31.0. The number of hydrogen-bond acceptors (Lipinski definition) is 5. The summed E-state index contributed by atoms with van der Waals surface area (Å²) in [5, 5.41) is 6.14. The third-order valence-electron chi connectivity index (χ3n) is 3.64. The molecule has 1 amide bonds. The second-order valence-corrected chi connectivity index (χ2v) is 5.84. The van der Waals surface area contributed by atoms with E-state index in [1.54, 1.807) is 6.07 Å².